The molecule has 0 unspecified atom stereocenters. The smallest absolute Gasteiger partial charge is 0.260 e. The average Bonchev–Trinajstić information content (AvgIpc) is 2.89. The van der Waals surface area contributed by atoms with Crippen LogP contribution in [0.15, 0.2) is 18.2 Å². The molecule has 4 nitrogen and oxygen atoms in total. The van der Waals surface area contributed by atoms with E-state index in [-0.39, 0.29) is 17.5 Å². The van der Waals surface area contributed by atoms with Crippen molar-refractivity contribution in [1.29, 1.82) is 0 Å². The van der Waals surface area contributed by atoms with E-state index in [1.54, 1.807) is 4.90 Å². The summed E-state index contributed by atoms with van der Waals surface area (Å²) in [6, 6.07) is 4.06. The fourth-order valence-corrected chi connectivity index (χ4v) is 2.49. The molecule has 1 aliphatic rings. The van der Waals surface area contributed by atoms with Gasteiger partial charge in [-0.15, -0.1) is 0 Å². The number of carbonyl (C=O) groups is 1. The number of amides is 1. The summed E-state index contributed by atoms with van der Waals surface area (Å²) in [5.41, 5.74) is 0. The summed E-state index contributed by atoms with van der Waals surface area (Å²) in [7, 11) is 1.91. The van der Waals surface area contributed by atoms with Crippen LogP contribution >= 0.6 is 11.6 Å². The van der Waals surface area contributed by atoms with Crippen LogP contribution in [0.1, 0.15) is 6.42 Å². The Morgan fingerprint density at radius 1 is 1.60 bits per heavy atom. The third kappa shape index (κ3) is 3.84. The lowest BCUT2D eigenvalue weighted by molar-refractivity contribution is -0.132. The predicted octanol–water partition coefficient (Wildman–Crippen LogP) is 1.93. The number of halogens is 2. The number of likely N-dealkylation sites (tertiary alicyclic amines) is 1. The van der Waals surface area contributed by atoms with Crippen LogP contribution < -0.4 is 10.1 Å². The number of benzene rings is 1. The van der Waals surface area contributed by atoms with Gasteiger partial charge in [-0.1, -0.05) is 11.6 Å². The second kappa shape index (κ2) is 6.90. The van der Waals surface area contributed by atoms with E-state index in [1.807, 2.05) is 7.05 Å². The molecule has 1 N–H and O–H groups in total. The first-order valence-corrected chi connectivity index (χ1v) is 6.98. The fraction of sp³-hybridized carbons (Fsp3) is 0.500. The molecule has 1 heterocycles. The Morgan fingerprint density at radius 3 is 3.10 bits per heavy atom. The van der Waals surface area contributed by atoms with E-state index in [2.05, 4.69) is 5.32 Å². The van der Waals surface area contributed by atoms with Crippen LogP contribution in [-0.2, 0) is 4.79 Å². The highest BCUT2D eigenvalue weighted by molar-refractivity contribution is 6.30. The Bertz CT molecular complexity index is 484. The van der Waals surface area contributed by atoms with Gasteiger partial charge in [0.2, 0.25) is 0 Å². The first-order valence-electron chi connectivity index (χ1n) is 6.60. The van der Waals surface area contributed by atoms with Crippen molar-refractivity contribution >= 4 is 17.5 Å². The number of nitrogens with zero attached hydrogens (tertiary/aromatic N) is 1. The summed E-state index contributed by atoms with van der Waals surface area (Å²) in [5.74, 6) is 0.351. The van der Waals surface area contributed by atoms with Crippen molar-refractivity contribution in [2.24, 2.45) is 5.92 Å². The van der Waals surface area contributed by atoms with E-state index < -0.39 is 5.82 Å². The zero-order valence-electron chi connectivity index (χ0n) is 11.4. The van der Waals surface area contributed by atoms with E-state index in [0.29, 0.717) is 11.7 Å². The highest BCUT2D eigenvalue weighted by Gasteiger charge is 2.25. The molecular weight excluding hydrogens is 283 g/mol. The topological polar surface area (TPSA) is 41.6 Å². The Labute approximate surface area is 122 Å². The van der Waals surface area contributed by atoms with Crippen molar-refractivity contribution in [2.45, 2.75) is 6.42 Å². The van der Waals surface area contributed by atoms with Crippen LogP contribution in [-0.4, -0.2) is 44.1 Å². The van der Waals surface area contributed by atoms with E-state index in [4.69, 9.17) is 16.3 Å². The summed E-state index contributed by atoms with van der Waals surface area (Å²) in [4.78, 5) is 13.8. The number of hydrogen-bond acceptors (Lipinski definition) is 3. The standard InChI is InChI=1S/C14H18ClFN2O2/c1-17-7-10-4-5-18(8-10)14(19)9-20-11-2-3-13(16)12(15)6-11/h2-3,6,10,17H,4-5,7-9H2,1H3/t10-/m0/s1. The largest absolute Gasteiger partial charge is 0.484 e. The van der Waals surface area contributed by atoms with Crippen molar-refractivity contribution in [1.82, 2.24) is 10.2 Å². The zero-order valence-corrected chi connectivity index (χ0v) is 12.1. The van der Waals surface area contributed by atoms with Crippen molar-refractivity contribution in [3.05, 3.63) is 29.0 Å². The van der Waals surface area contributed by atoms with Crippen molar-refractivity contribution in [3.63, 3.8) is 0 Å². The lowest BCUT2D eigenvalue weighted by Crippen LogP contribution is -2.34. The van der Waals surface area contributed by atoms with Gasteiger partial charge >= 0.3 is 0 Å². The van der Waals surface area contributed by atoms with Gasteiger partial charge in [-0.3, -0.25) is 4.79 Å². The molecule has 0 radical (unpaired) electrons. The first kappa shape index (κ1) is 15.1. The maximum Gasteiger partial charge on any atom is 0.260 e. The molecule has 1 aromatic rings. The monoisotopic (exact) mass is 300 g/mol. The highest BCUT2D eigenvalue weighted by atomic mass is 35.5. The van der Waals surface area contributed by atoms with Gasteiger partial charge in [0.1, 0.15) is 11.6 Å². The molecule has 20 heavy (non-hydrogen) atoms. The minimum Gasteiger partial charge on any atom is -0.484 e. The molecule has 2 rings (SSSR count). The van der Waals surface area contributed by atoms with Gasteiger partial charge in [-0.05, 0) is 38.1 Å². The van der Waals surface area contributed by atoms with Crippen LogP contribution in [0.5, 0.6) is 5.75 Å². The summed E-state index contributed by atoms with van der Waals surface area (Å²) in [6.07, 6.45) is 1.01. The van der Waals surface area contributed by atoms with Gasteiger partial charge in [0.05, 0.1) is 5.02 Å². The van der Waals surface area contributed by atoms with E-state index in [0.717, 1.165) is 26.1 Å². The third-order valence-electron chi connectivity index (χ3n) is 3.38. The first-order chi connectivity index (χ1) is 9.60. The van der Waals surface area contributed by atoms with Gasteiger partial charge < -0.3 is 15.0 Å². The normalized spacial score (nSPS) is 18.4. The Kier molecular flexibility index (Phi) is 5.20. The van der Waals surface area contributed by atoms with Crippen molar-refractivity contribution < 1.29 is 13.9 Å². The van der Waals surface area contributed by atoms with E-state index >= 15 is 0 Å². The van der Waals surface area contributed by atoms with E-state index in [9.17, 15) is 9.18 Å². The molecule has 0 bridgehead atoms. The Morgan fingerprint density at radius 2 is 2.40 bits per heavy atom. The molecule has 110 valence electrons. The average molecular weight is 301 g/mol. The van der Waals surface area contributed by atoms with Gasteiger partial charge in [-0.2, -0.15) is 0 Å². The molecule has 0 spiro atoms. The lowest BCUT2D eigenvalue weighted by atomic mass is 10.1. The summed E-state index contributed by atoms with van der Waals surface area (Å²) < 4.78 is 18.3. The third-order valence-corrected chi connectivity index (χ3v) is 3.67. The van der Waals surface area contributed by atoms with Crippen LogP contribution in [0.2, 0.25) is 5.02 Å². The number of rotatable bonds is 5. The second-order valence-electron chi connectivity index (χ2n) is 4.92. The second-order valence-corrected chi connectivity index (χ2v) is 5.32. The minimum absolute atomic E-state index is 0.00907. The number of nitrogens with one attached hydrogen (secondary N) is 1. The highest BCUT2D eigenvalue weighted by Crippen LogP contribution is 2.21. The van der Waals surface area contributed by atoms with Crippen LogP contribution in [0, 0.1) is 11.7 Å². The molecule has 0 aromatic heterocycles. The molecule has 1 aliphatic heterocycles. The minimum atomic E-state index is -0.500. The zero-order chi connectivity index (χ0) is 14.5. The van der Waals surface area contributed by atoms with Crippen LogP contribution in [0.4, 0.5) is 4.39 Å². The summed E-state index contributed by atoms with van der Waals surface area (Å²) in [5, 5.41) is 3.11. The van der Waals surface area contributed by atoms with Crippen molar-refractivity contribution in [2.75, 3.05) is 33.3 Å². The Balaban J connectivity index is 1.82. The Hall–Kier alpha value is -1.33. The summed E-state index contributed by atoms with van der Waals surface area (Å²) >= 11 is 5.65. The molecule has 0 saturated carbocycles. The SMILES string of the molecule is CNC[C@@H]1CCN(C(=O)COc2ccc(F)c(Cl)c2)C1. The van der Waals surface area contributed by atoms with Gasteiger partial charge in [0, 0.05) is 19.2 Å². The molecule has 1 saturated heterocycles. The van der Waals surface area contributed by atoms with Gasteiger partial charge in [0.15, 0.2) is 6.61 Å². The number of hydrogen-bond donors (Lipinski definition) is 1. The van der Waals surface area contributed by atoms with Crippen LogP contribution in [0.25, 0.3) is 0 Å². The molecule has 1 atom stereocenters. The molecule has 1 fully saturated rings. The molecule has 1 aromatic carbocycles. The van der Waals surface area contributed by atoms with E-state index in [1.165, 1.54) is 18.2 Å². The van der Waals surface area contributed by atoms with Gasteiger partial charge in [0.25, 0.3) is 5.91 Å². The van der Waals surface area contributed by atoms with Crippen LogP contribution in [0.3, 0.4) is 0 Å². The fourth-order valence-electron chi connectivity index (χ4n) is 2.32. The quantitative estimate of drug-likeness (QED) is 0.903. The molecular formula is C14H18ClFN2O2. The molecule has 1 amide bonds. The maximum absolute atomic E-state index is 13.0. The summed E-state index contributed by atoms with van der Waals surface area (Å²) in [6.45, 7) is 2.39. The maximum atomic E-state index is 13.0. The number of ether oxygens (including phenoxy) is 1. The number of carbonyl (C=O) groups excluding carboxylic acids is 1. The lowest BCUT2D eigenvalue weighted by Gasteiger charge is -2.17. The van der Waals surface area contributed by atoms with Crippen molar-refractivity contribution in [3.8, 4) is 5.75 Å². The molecule has 6 heteroatoms. The van der Waals surface area contributed by atoms with Gasteiger partial charge in [-0.25, -0.2) is 4.39 Å². The predicted molar refractivity (Wildman–Crippen MR) is 75.5 cm³/mol. The molecule has 0 aliphatic carbocycles.